The molecule has 94 valence electrons. The van der Waals surface area contributed by atoms with Crippen molar-refractivity contribution >= 4 is 15.9 Å². The van der Waals surface area contributed by atoms with Crippen LogP contribution >= 0.6 is 15.9 Å². The van der Waals surface area contributed by atoms with Crippen LogP contribution in [0.5, 0.6) is 0 Å². The number of rotatable bonds is 2. The highest BCUT2D eigenvalue weighted by Gasteiger charge is 2.13. The molecule has 1 unspecified atom stereocenters. The molecule has 0 aliphatic carbocycles. The van der Waals surface area contributed by atoms with E-state index in [2.05, 4.69) is 15.9 Å². The summed E-state index contributed by atoms with van der Waals surface area (Å²) in [5.74, 6) is -0.293. The second kappa shape index (κ2) is 5.21. The lowest BCUT2D eigenvalue weighted by atomic mass is 9.99. The van der Waals surface area contributed by atoms with Gasteiger partial charge in [-0.05, 0) is 54.3 Å². The van der Waals surface area contributed by atoms with E-state index in [1.54, 1.807) is 19.1 Å². The van der Waals surface area contributed by atoms with E-state index in [4.69, 9.17) is 0 Å². The van der Waals surface area contributed by atoms with Gasteiger partial charge in [0.2, 0.25) is 0 Å². The quantitative estimate of drug-likeness (QED) is 0.877. The van der Waals surface area contributed by atoms with Gasteiger partial charge in [0.1, 0.15) is 11.9 Å². The third-order valence-corrected chi connectivity index (χ3v) is 3.35. The van der Waals surface area contributed by atoms with Gasteiger partial charge in [-0.1, -0.05) is 34.1 Å². The summed E-state index contributed by atoms with van der Waals surface area (Å²) in [5, 5.41) is 10.3. The molecule has 0 amide bonds. The molecule has 18 heavy (non-hydrogen) atoms. The Bertz CT molecular complexity index is 560. The second-order valence-electron chi connectivity index (χ2n) is 4.47. The lowest BCUT2D eigenvalue weighted by Gasteiger charge is -2.13. The fourth-order valence-corrected chi connectivity index (χ4v) is 2.52. The van der Waals surface area contributed by atoms with Crippen LogP contribution in [0, 0.1) is 19.7 Å². The van der Waals surface area contributed by atoms with E-state index >= 15 is 0 Å². The standard InChI is InChI=1S/C15H14BrFO/c1-9-5-12(7-13(16)6-9)15(18)11-4-3-10(2)14(17)8-11/h3-8,15,18H,1-2H3. The average Bonchev–Trinajstić information content (AvgIpc) is 2.30. The van der Waals surface area contributed by atoms with Gasteiger partial charge >= 0.3 is 0 Å². The van der Waals surface area contributed by atoms with Crippen molar-refractivity contribution < 1.29 is 9.50 Å². The first-order valence-corrected chi connectivity index (χ1v) is 6.48. The van der Waals surface area contributed by atoms with Crippen LogP contribution in [0.1, 0.15) is 28.4 Å². The van der Waals surface area contributed by atoms with Crippen LogP contribution < -0.4 is 0 Å². The van der Waals surface area contributed by atoms with Crippen molar-refractivity contribution in [2.45, 2.75) is 20.0 Å². The van der Waals surface area contributed by atoms with Crippen molar-refractivity contribution in [1.82, 2.24) is 0 Å². The lowest BCUT2D eigenvalue weighted by molar-refractivity contribution is 0.219. The molecule has 3 heteroatoms. The minimum absolute atomic E-state index is 0.293. The molecule has 2 aromatic carbocycles. The molecule has 1 nitrogen and oxygen atoms in total. The summed E-state index contributed by atoms with van der Waals surface area (Å²) in [6.45, 7) is 3.66. The van der Waals surface area contributed by atoms with E-state index in [1.807, 2.05) is 25.1 Å². The number of aliphatic hydroxyl groups is 1. The summed E-state index contributed by atoms with van der Waals surface area (Å²) in [6.07, 6.45) is -0.809. The Morgan fingerprint density at radius 1 is 1.06 bits per heavy atom. The number of benzene rings is 2. The highest BCUT2D eigenvalue weighted by atomic mass is 79.9. The topological polar surface area (TPSA) is 20.2 Å². The maximum Gasteiger partial charge on any atom is 0.126 e. The molecule has 0 heterocycles. The van der Waals surface area contributed by atoms with E-state index in [0.29, 0.717) is 11.1 Å². The van der Waals surface area contributed by atoms with E-state index in [1.165, 1.54) is 6.07 Å². The Labute approximate surface area is 114 Å². The third kappa shape index (κ3) is 2.79. The zero-order valence-electron chi connectivity index (χ0n) is 10.2. The first kappa shape index (κ1) is 13.2. The third-order valence-electron chi connectivity index (χ3n) is 2.89. The maximum atomic E-state index is 13.5. The van der Waals surface area contributed by atoms with Gasteiger partial charge < -0.3 is 5.11 Å². The Morgan fingerprint density at radius 2 is 1.78 bits per heavy atom. The number of hydrogen-bond acceptors (Lipinski definition) is 1. The molecule has 0 bridgehead atoms. The number of aryl methyl sites for hydroxylation is 2. The molecule has 1 N–H and O–H groups in total. The predicted molar refractivity (Wildman–Crippen MR) is 74.1 cm³/mol. The summed E-state index contributed by atoms with van der Waals surface area (Å²) in [6, 6.07) is 10.5. The molecule has 0 aliphatic rings. The van der Waals surface area contributed by atoms with Gasteiger partial charge in [-0.25, -0.2) is 4.39 Å². The van der Waals surface area contributed by atoms with E-state index < -0.39 is 6.10 Å². The van der Waals surface area contributed by atoms with Crippen LogP contribution in [0.25, 0.3) is 0 Å². The summed E-state index contributed by atoms with van der Waals surface area (Å²) in [4.78, 5) is 0. The van der Waals surface area contributed by atoms with Gasteiger partial charge in [-0.3, -0.25) is 0 Å². The van der Waals surface area contributed by atoms with Crippen LogP contribution in [0.4, 0.5) is 4.39 Å². The van der Waals surface area contributed by atoms with Crippen molar-refractivity contribution in [2.24, 2.45) is 0 Å². The molecule has 0 saturated carbocycles. The Kier molecular flexibility index (Phi) is 3.83. The first-order valence-electron chi connectivity index (χ1n) is 5.68. The fourth-order valence-electron chi connectivity index (χ4n) is 1.89. The van der Waals surface area contributed by atoms with Crippen LogP contribution in [0.2, 0.25) is 0 Å². The van der Waals surface area contributed by atoms with Crippen molar-refractivity contribution in [1.29, 1.82) is 0 Å². The molecular formula is C15H14BrFO. The molecule has 1 atom stereocenters. The smallest absolute Gasteiger partial charge is 0.126 e. The van der Waals surface area contributed by atoms with E-state index in [0.717, 1.165) is 15.6 Å². The van der Waals surface area contributed by atoms with Crippen LogP contribution in [-0.4, -0.2) is 5.11 Å². The van der Waals surface area contributed by atoms with Crippen LogP contribution in [-0.2, 0) is 0 Å². The van der Waals surface area contributed by atoms with Gasteiger partial charge in [0.15, 0.2) is 0 Å². The van der Waals surface area contributed by atoms with Crippen LogP contribution in [0.15, 0.2) is 40.9 Å². The molecule has 0 radical (unpaired) electrons. The van der Waals surface area contributed by atoms with Gasteiger partial charge in [0, 0.05) is 4.47 Å². The van der Waals surface area contributed by atoms with Gasteiger partial charge in [0.05, 0.1) is 0 Å². The maximum absolute atomic E-state index is 13.5. The van der Waals surface area contributed by atoms with E-state index in [9.17, 15) is 9.50 Å². The average molecular weight is 309 g/mol. The molecular weight excluding hydrogens is 295 g/mol. The zero-order chi connectivity index (χ0) is 13.3. The number of hydrogen-bond donors (Lipinski definition) is 1. The predicted octanol–water partition coefficient (Wildman–Crippen LogP) is 4.29. The van der Waals surface area contributed by atoms with E-state index in [-0.39, 0.29) is 5.82 Å². The summed E-state index contributed by atoms with van der Waals surface area (Å²) < 4.78 is 14.4. The molecule has 0 aliphatic heterocycles. The minimum Gasteiger partial charge on any atom is -0.384 e. The second-order valence-corrected chi connectivity index (χ2v) is 5.39. The van der Waals surface area contributed by atoms with Crippen molar-refractivity contribution in [3.05, 3.63) is 68.9 Å². The highest BCUT2D eigenvalue weighted by Crippen LogP contribution is 2.26. The molecule has 0 saturated heterocycles. The monoisotopic (exact) mass is 308 g/mol. The first-order chi connectivity index (χ1) is 8.47. The Morgan fingerprint density at radius 3 is 2.39 bits per heavy atom. The SMILES string of the molecule is Cc1cc(Br)cc(C(O)c2ccc(C)c(F)c2)c1. The molecule has 2 rings (SSSR count). The van der Waals surface area contributed by atoms with Crippen molar-refractivity contribution in [2.75, 3.05) is 0 Å². The molecule has 0 spiro atoms. The Hall–Kier alpha value is -1.19. The molecule has 0 aromatic heterocycles. The minimum atomic E-state index is -0.809. The van der Waals surface area contributed by atoms with Crippen molar-refractivity contribution in [3.63, 3.8) is 0 Å². The van der Waals surface area contributed by atoms with Gasteiger partial charge in [-0.15, -0.1) is 0 Å². The zero-order valence-corrected chi connectivity index (χ0v) is 11.8. The normalized spacial score (nSPS) is 12.5. The molecule has 0 fully saturated rings. The largest absolute Gasteiger partial charge is 0.384 e. The van der Waals surface area contributed by atoms with Crippen molar-refractivity contribution in [3.8, 4) is 0 Å². The lowest BCUT2D eigenvalue weighted by Crippen LogP contribution is -2.01. The van der Waals surface area contributed by atoms with Gasteiger partial charge in [-0.2, -0.15) is 0 Å². The van der Waals surface area contributed by atoms with Crippen LogP contribution in [0.3, 0.4) is 0 Å². The summed E-state index contributed by atoms with van der Waals surface area (Å²) >= 11 is 3.39. The summed E-state index contributed by atoms with van der Waals surface area (Å²) in [7, 11) is 0. The highest BCUT2D eigenvalue weighted by molar-refractivity contribution is 9.10. The Balaban J connectivity index is 2.40. The summed E-state index contributed by atoms with van der Waals surface area (Å²) in [5.41, 5.74) is 2.95. The molecule has 2 aromatic rings. The number of aliphatic hydroxyl groups excluding tert-OH is 1. The fraction of sp³-hybridized carbons (Fsp3) is 0.200. The van der Waals surface area contributed by atoms with Gasteiger partial charge in [0.25, 0.3) is 0 Å². The number of halogens is 2.